The third kappa shape index (κ3) is 4.49. The van der Waals surface area contributed by atoms with E-state index in [4.69, 9.17) is 10.8 Å². The first-order valence-electron chi connectivity index (χ1n) is 6.23. The van der Waals surface area contributed by atoms with Crippen molar-refractivity contribution < 1.29 is 14.7 Å². The second kappa shape index (κ2) is 6.99. The van der Waals surface area contributed by atoms with Gasteiger partial charge in [-0.15, -0.1) is 0 Å². The van der Waals surface area contributed by atoms with Gasteiger partial charge in [0.25, 0.3) is 0 Å². The summed E-state index contributed by atoms with van der Waals surface area (Å²) < 4.78 is 0. The SMILES string of the molecule is CSCC[C@H](N)C(=O)NCC1(CC(=O)O)CCC1. The van der Waals surface area contributed by atoms with Crippen LogP contribution in [0.1, 0.15) is 32.1 Å². The van der Waals surface area contributed by atoms with Gasteiger partial charge >= 0.3 is 5.97 Å². The van der Waals surface area contributed by atoms with E-state index in [-0.39, 0.29) is 17.7 Å². The van der Waals surface area contributed by atoms with Gasteiger partial charge in [-0.1, -0.05) is 6.42 Å². The molecule has 0 spiro atoms. The van der Waals surface area contributed by atoms with Gasteiger partial charge in [-0.2, -0.15) is 11.8 Å². The number of nitrogens with two attached hydrogens (primary N) is 1. The smallest absolute Gasteiger partial charge is 0.303 e. The summed E-state index contributed by atoms with van der Waals surface area (Å²) >= 11 is 1.66. The Labute approximate surface area is 112 Å². The molecular formula is C12H22N2O3S. The Kier molecular flexibility index (Phi) is 5.95. The van der Waals surface area contributed by atoms with Gasteiger partial charge in [-0.25, -0.2) is 0 Å². The minimum Gasteiger partial charge on any atom is -0.481 e. The quantitative estimate of drug-likeness (QED) is 0.609. The highest BCUT2D eigenvalue weighted by Crippen LogP contribution is 2.43. The molecule has 0 aliphatic heterocycles. The van der Waals surface area contributed by atoms with Crippen molar-refractivity contribution in [2.75, 3.05) is 18.6 Å². The van der Waals surface area contributed by atoms with Gasteiger partial charge in [0.15, 0.2) is 0 Å². The fourth-order valence-electron chi connectivity index (χ4n) is 2.20. The Bertz CT molecular complexity index is 306. The minimum atomic E-state index is -0.796. The number of carbonyl (C=O) groups excluding carboxylic acids is 1. The summed E-state index contributed by atoms with van der Waals surface area (Å²) in [6, 6.07) is -0.487. The molecule has 1 fully saturated rings. The van der Waals surface area contributed by atoms with E-state index in [0.717, 1.165) is 25.0 Å². The normalized spacial score (nSPS) is 18.8. The van der Waals surface area contributed by atoms with Gasteiger partial charge < -0.3 is 16.2 Å². The number of thioether (sulfide) groups is 1. The van der Waals surface area contributed by atoms with Crippen LogP contribution in [-0.2, 0) is 9.59 Å². The first kappa shape index (κ1) is 15.3. The van der Waals surface area contributed by atoms with Gasteiger partial charge in [0.1, 0.15) is 0 Å². The molecular weight excluding hydrogens is 252 g/mol. The zero-order valence-electron chi connectivity index (χ0n) is 10.8. The van der Waals surface area contributed by atoms with Crippen LogP contribution in [0.2, 0.25) is 0 Å². The molecule has 18 heavy (non-hydrogen) atoms. The number of nitrogens with one attached hydrogen (secondary N) is 1. The monoisotopic (exact) mass is 274 g/mol. The number of hydrogen-bond donors (Lipinski definition) is 3. The Balaban J connectivity index is 2.34. The van der Waals surface area contributed by atoms with Crippen molar-refractivity contribution in [1.82, 2.24) is 5.32 Å². The lowest BCUT2D eigenvalue weighted by atomic mass is 9.66. The largest absolute Gasteiger partial charge is 0.481 e. The van der Waals surface area contributed by atoms with Crippen LogP contribution >= 0.6 is 11.8 Å². The lowest BCUT2D eigenvalue weighted by Crippen LogP contribution is -2.48. The van der Waals surface area contributed by atoms with E-state index in [1.807, 2.05) is 6.26 Å². The fourth-order valence-corrected chi connectivity index (χ4v) is 2.68. The Morgan fingerprint density at radius 3 is 2.61 bits per heavy atom. The topological polar surface area (TPSA) is 92.4 Å². The van der Waals surface area contributed by atoms with E-state index in [2.05, 4.69) is 5.32 Å². The maximum Gasteiger partial charge on any atom is 0.303 e. The molecule has 0 aromatic heterocycles. The number of hydrogen-bond acceptors (Lipinski definition) is 4. The first-order chi connectivity index (χ1) is 8.49. The fraction of sp³-hybridized carbons (Fsp3) is 0.833. The van der Waals surface area contributed by atoms with Gasteiger partial charge in [-0.05, 0) is 36.7 Å². The second-order valence-corrected chi connectivity index (χ2v) is 6.02. The minimum absolute atomic E-state index is 0.132. The molecule has 0 saturated heterocycles. The highest BCUT2D eigenvalue weighted by molar-refractivity contribution is 7.98. The molecule has 1 saturated carbocycles. The van der Waals surface area contributed by atoms with Crippen LogP contribution in [0.3, 0.4) is 0 Å². The van der Waals surface area contributed by atoms with Crippen LogP contribution in [0.4, 0.5) is 0 Å². The van der Waals surface area contributed by atoms with E-state index in [0.29, 0.717) is 13.0 Å². The maximum atomic E-state index is 11.7. The second-order valence-electron chi connectivity index (χ2n) is 5.03. The van der Waals surface area contributed by atoms with Crippen LogP contribution in [0.15, 0.2) is 0 Å². The average molecular weight is 274 g/mol. The van der Waals surface area contributed by atoms with Gasteiger partial charge in [0.2, 0.25) is 5.91 Å². The van der Waals surface area contributed by atoms with E-state index in [1.54, 1.807) is 11.8 Å². The van der Waals surface area contributed by atoms with Crippen LogP contribution < -0.4 is 11.1 Å². The molecule has 0 heterocycles. The first-order valence-corrected chi connectivity index (χ1v) is 7.62. The predicted molar refractivity (Wildman–Crippen MR) is 72.5 cm³/mol. The van der Waals surface area contributed by atoms with E-state index in [1.165, 1.54) is 0 Å². The van der Waals surface area contributed by atoms with E-state index < -0.39 is 12.0 Å². The number of carbonyl (C=O) groups is 2. The number of amides is 1. The van der Waals surface area contributed by atoms with Crippen molar-refractivity contribution in [3.05, 3.63) is 0 Å². The Morgan fingerprint density at radius 1 is 1.50 bits per heavy atom. The molecule has 0 unspecified atom stereocenters. The average Bonchev–Trinajstić information content (AvgIpc) is 2.28. The molecule has 0 bridgehead atoms. The van der Waals surface area contributed by atoms with Crippen molar-refractivity contribution >= 4 is 23.6 Å². The maximum absolute atomic E-state index is 11.7. The molecule has 4 N–H and O–H groups in total. The number of rotatable bonds is 8. The molecule has 1 aliphatic carbocycles. The van der Waals surface area contributed by atoms with Crippen molar-refractivity contribution in [2.24, 2.45) is 11.1 Å². The van der Waals surface area contributed by atoms with Crippen LogP contribution in [0.5, 0.6) is 0 Å². The number of aliphatic carboxylic acids is 1. The van der Waals surface area contributed by atoms with Crippen molar-refractivity contribution in [3.63, 3.8) is 0 Å². The van der Waals surface area contributed by atoms with Crippen molar-refractivity contribution in [2.45, 2.75) is 38.1 Å². The predicted octanol–water partition coefficient (Wildman–Crippen LogP) is 0.828. The molecule has 1 amide bonds. The summed E-state index contributed by atoms with van der Waals surface area (Å²) in [5, 5.41) is 11.7. The standard InChI is InChI=1S/C12H22N2O3S/c1-18-6-3-9(13)11(17)14-8-12(4-2-5-12)7-10(15)16/h9H,2-8,13H2,1H3,(H,14,17)(H,15,16)/t9-/m0/s1. The highest BCUT2D eigenvalue weighted by Gasteiger charge is 2.39. The zero-order chi connectivity index (χ0) is 13.6. The molecule has 5 nitrogen and oxygen atoms in total. The molecule has 6 heteroatoms. The lowest BCUT2D eigenvalue weighted by Gasteiger charge is -2.41. The summed E-state index contributed by atoms with van der Waals surface area (Å²) in [7, 11) is 0. The van der Waals surface area contributed by atoms with Crippen LogP contribution in [0.25, 0.3) is 0 Å². The van der Waals surface area contributed by atoms with Gasteiger partial charge in [0.05, 0.1) is 12.5 Å². The summed E-state index contributed by atoms with van der Waals surface area (Å²) in [6.07, 6.45) is 5.55. The molecule has 1 rings (SSSR count). The third-order valence-corrected chi connectivity index (χ3v) is 4.19. The van der Waals surface area contributed by atoms with Crippen molar-refractivity contribution in [3.8, 4) is 0 Å². The Morgan fingerprint density at radius 2 is 2.17 bits per heavy atom. The molecule has 1 aliphatic rings. The van der Waals surface area contributed by atoms with Crippen LogP contribution in [-0.4, -0.2) is 41.6 Å². The Hall–Kier alpha value is -0.750. The molecule has 0 aromatic carbocycles. The molecule has 1 atom stereocenters. The van der Waals surface area contributed by atoms with Gasteiger partial charge in [0, 0.05) is 6.54 Å². The summed E-state index contributed by atoms with van der Waals surface area (Å²) in [5.74, 6) is -0.106. The molecule has 0 radical (unpaired) electrons. The third-order valence-electron chi connectivity index (χ3n) is 3.55. The molecule has 104 valence electrons. The summed E-state index contributed by atoms with van der Waals surface area (Å²) in [6.45, 7) is 0.436. The van der Waals surface area contributed by atoms with Crippen LogP contribution in [0, 0.1) is 5.41 Å². The number of carboxylic acids is 1. The lowest BCUT2D eigenvalue weighted by molar-refractivity contribution is -0.142. The number of carboxylic acid groups (broad SMARTS) is 1. The summed E-state index contributed by atoms with van der Waals surface area (Å²) in [5.41, 5.74) is 5.52. The van der Waals surface area contributed by atoms with E-state index >= 15 is 0 Å². The van der Waals surface area contributed by atoms with Gasteiger partial charge in [-0.3, -0.25) is 9.59 Å². The van der Waals surface area contributed by atoms with E-state index in [9.17, 15) is 9.59 Å². The van der Waals surface area contributed by atoms with Crippen molar-refractivity contribution in [1.29, 1.82) is 0 Å². The molecule has 0 aromatic rings. The highest BCUT2D eigenvalue weighted by atomic mass is 32.2. The summed E-state index contributed by atoms with van der Waals surface area (Å²) in [4.78, 5) is 22.5. The zero-order valence-corrected chi connectivity index (χ0v) is 11.6.